The zero-order valence-electron chi connectivity index (χ0n) is 8.21. The number of alkyl halides is 3. The molecule has 3 nitrogen and oxygen atoms in total. The van der Waals surface area contributed by atoms with E-state index in [9.17, 15) is 13.2 Å². The van der Waals surface area contributed by atoms with Gasteiger partial charge in [-0.15, -0.1) is 0 Å². The van der Waals surface area contributed by atoms with Crippen molar-refractivity contribution in [1.29, 1.82) is 0 Å². The normalized spacial score (nSPS) is 12.0. The number of rotatable bonds is 4. The van der Waals surface area contributed by atoms with Gasteiger partial charge in [-0.3, -0.25) is 0 Å². The van der Waals surface area contributed by atoms with Crippen LogP contribution in [-0.2, 0) is 6.54 Å². The van der Waals surface area contributed by atoms with Gasteiger partial charge in [0.2, 0.25) is 5.95 Å². The van der Waals surface area contributed by atoms with E-state index in [0.29, 0.717) is 23.3 Å². The van der Waals surface area contributed by atoms with Crippen molar-refractivity contribution in [3.8, 4) is 0 Å². The summed E-state index contributed by atoms with van der Waals surface area (Å²) in [4.78, 5) is 3.84. The molecule has 1 aromatic heterocycles. The lowest BCUT2D eigenvalue weighted by atomic mass is 10.5. The van der Waals surface area contributed by atoms with Gasteiger partial charge in [0.1, 0.15) is 5.03 Å². The van der Waals surface area contributed by atoms with E-state index in [4.69, 9.17) is 5.73 Å². The lowest BCUT2D eigenvalue weighted by molar-refractivity contribution is -0.105. The fourth-order valence-corrected chi connectivity index (χ4v) is 1.72. The van der Waals surface area contributed by atoms with Crippen LogP contribution in [0.15, 0.2) is 11.2 Å². The van der Waals surface area contributed by atoms with Gasteiger partial charge in [-0.1, -0.05) is 18.7 Å². The van der Waals surface area contributed by atoms with Crippen LogP contribution in [0.5, 0.6) is 0 Å². The van der Waals surface area contributed by atoms with Crippen molar-refractivity contribution in [3.63, 3.8) is 0 Å². The third-order valence-electron chi connectivity index (χ3n) is 1.63. The molecule has 1 rings (SSSR count). The van der Waals surface area contributed by atoms with Crippen LogP contribution in [0.2, 0.25) is 0 Å². The smallest absolute Gasteiger partial charge is 0.369 e. The monoisotopic (exact) mass is 239 g/mol. The molecule has 0 radical (unpaired) electrons. The Labute approximate surface area is 89.9 Å². The highest BCUT2D eigenvalue weighted by atomic mass is 32.2. The van der Waals surface area contributed by atoms with E-state index in [2.05, 4.69) is 4.98 Å². The molecule has 86 valence electrons. The van der Waals surface area contributed by atoms with Crippen LogP contribution in [-0.4, -0.2) is 21.5 Å². The molecule has 7 heteroatoms. The minimum Gasteiger partial charge on any atom is -0.369 e. The van der Waals surface area contributed by atoms with Gasteiger partial charge in [0, 0.05) is 12.7 Å². The third kappa shape index (κ3) is 4.03. The number of hydrogen-bond acceptors (Lipinski definition) is 3. The second-order valence-corrected chi connectivity index (χ2v) is 4.03. The van der Waals surface area contributed by atoms with Crippen molar-refractivity contribution in [3.05, 3.63) is 6.20 Å². The van der Waals surface area contributed by atoms with Crippen LogP contribution in [0.1, 0.15) is 13.3 Å². The van der Waals surface area contributed by atoms with Crippen LogP contribution in [0.25, 0.3) is 0 Å². The summed E-state index contributed by atoms with van der Waals surface area (Å²) < 4.78 is 37.4. The number of aryl methyl sites for hydroxylation is 1. The van der Waals surface area contributed by atoms with Crippen molar-refractivity contribution >= 4 is 17.7 Å². The second kappa shape index (κ2) is 4.78. The number of hydrogen-bond donors (Lipinski definition) is 1. The average Bonchev–Trinajstić information content (AvgIpc) is 2.44. The van der Waals surface area contributed by atoms with E-state index < -0.39 is 11.9 Å². The van der Waals surface area contributed by atoms with Gasteiger partial charge in [-0.05, 0) is 6.42 Å². The van der Waals surface area contributed by atoms with Crippen molar-refractivity contribution in [2.24, 2.45) is 0 Å². The quantitative estimate of drug-likeness (QED) is 0.821. The number of anilines is 1. The Morgan fingerprint density at radius 3 is 2.73 bits per heavy atom. The molecule has 0 bridgehead atoms. The Balaban J connectivity index is 2.59. The molecule has 2 N–H and O–H groups in total. The SMILES string of the molecule is CCCn1cc(SCC(F)(F)F)nc1N. The molecule has 0 amide bonds. The first kappa shape index (κ1) is 12.2. The van der Waals surface area contributed by atoms with E-state index in [0.717, 1.165) is 6.42 Å². The first-order valence-corrected chi connectivity index (χ1v) is 5.43. The molecule has 15 heavy (non-hydrogen) atoms. The van der Waals surface area contributed by atoms with Gasteiger partial charge in [-0.25, -0.2) is 4.98 Å². The molecule has 0 aliphatic heterocycles. The summed E-state index contributed by atoms with van der Waals surface area (Å²) >= 11 is 0.651. The van der Waals surface area contributed by atoms with Crippen molar-refractivity contribution in [2.45, 2.75) is 31.1 Å². The largest absolute Gasteiger partial charge is 0.398 e. The van der Waals surface area contributed by atoms with Crippen LogP contribution in [0.3, 0.4) is 0 Å². The van der Waals surface area contributed by atoms with Crippen LogP contribution in [0, 0.1) is 0 Å². The molecular formula is C8H12F3N3S. The lowest BCUT2D eigenvalue weighted by Gasteiger charge is -2.02. The molecular weight excluding hydrogens is 227 g/mol. The number of nitrogens with two attached hydrogens (primary N) is 1. The summed E-state index contributed by atoms with van der Waals surface area (Å²) in [5.74, 6) is -0.670. The summed E-state index contributed by atoms with van der Waals surface area (Å²) in [6.07, 6.45) is -1.76. The number of nitrogen functional groups attached to an aromatic ring is 1. The molecule has 0 saturated heterocycles. The number of imidazole rings is 1. The van der Waals surface area contributed by atoms with Crippen molar-refractivity contribution in [1.82, 2.24) is 9.55 Å². The third-order valence-corrected chi connectivity index (χ3v) is 2.60. The Bertz CT molecular complexity index is 321. The topological polar surface area (TPSA) is 43.8 Å². The van der Waals surface area contributed by atoms with E-state index in [-0.39, 0.29) is 5.95 Å². The molecule has 0 spiro atoms. The number of nitrogens with zero attached hydrogens (tertiary/aromatic N) is 2. The first-order chi connectivity index (χ1) is 6.92. The summed E-state index contributed by atoms with van der Waals surface area (Å²) in [6.45, 7) is 2.63. The molecule has 1 aromatic rings. The summed E-state index contributed by atoms with van der Waals surface area (Å²) in [6, 6.07) is 0. The maximum Gasteiger partial charge on any atom is 0.398 e. The number of aromatic nitrogens is 2. The predicted molar refractivity (Wildman–Crippen MR) is 53.7 cm³/mol. The van der Waals surface area contributed by atoms with Gasteiger partial charge >= 0.3 is 6.18 Å². The van der Waals surface area contributed by atoms with E-state index >= 15 is 0 Å². The molecule has 0 aliphatic carbocycles. The highest BCUT2D eigenvalue weighted by molar-refractivity contribution is 7.99. The Morgan fingerprint density at radius 2 is 2.20 bits per heavy atom. The maximum absolute atomic E-state index is 11.9. The van der Waals surface area contributed by atoms with E-state index in [1.54, 1.807) is 10.8 Å². The summed E-state index contributed by atoms with van der Waals surface area (Å²) in [5, 5.41) is 0.318. The van der Waals surface area contributed by atoms with Gasteiger partial charge in [0.15, 0.2) is 0 Å². The highest BCUT2D eigenvalue weighted by Gasteiger charge is 2.27. The van der Waals surface area contributed by atoms with Gasteiger partial charge in [0.25, 0.3) is 0 Å². The molecule has 0 aliphatic rings. The Morgan fingerprint density at radius 1 is 1.53 bits per heavy atom. The summed E-state index contributed by atoms with van der Waals surface area (Å²) in [7, 11) is 0. The minimum absolute atomic E-state index is 0.265. The van der Waals surface area contributed by atoms with E-state index in [1.165, 1.54) is 0 Å². The predicted octanol–water partition coefficient (Wildman–Crippen LogP) is 2.53. The van der Waals surface area contributed by atoms with Crippen molar-refractivity contribution in [2.75, 3.05) is 11.5 Å². The first-order valence-electron chi connectivity index (χ1n) is 4.44. The fourth-order valence-electron chi connectivity index (χ4n) is 1.05. The van der Waals surface area contributed by atoms with Gasteiger partial charge in [-0.2, -0.15) is 13.2 Å². The molecule has 0 unspecified atom stereocenters. The zero-order chi connectivity index (χ0) is 11.5. The van der Waals surface area contributed by atoms with Crippen LogP contribution in [0.4, 0.5) is 19.1 Å². The zero-order valence-corrected chi connectivity index (χ0v) is 9.03. The van der Waals surface area contributed by atoms with Gasteiger partial charge < -0.3 is 10.3 Å². The molecule has 0 saturated carbocycles. The maximum atomic E-state index is 11.9. The lowest BCUT2D eigenvalue weighted by Crippen LogP contribution is -2.10. The molecule has 0 aromatic carbocycles. The van der Waals surface area contributed by atoms with Crippen LogP contribution >= 0.6 is 11.8 Å². The van der Waals surface area contributed by atoms with Crippen molar-refractivity contribution < 1.29 is 13.2 Å². The Hall–Kier alpha value is -0.850. The van der Waals surface area contributed by atoms with E-state index in [1.807, 2.05) is 6.92 Å². The minimum atomic E-state index is -4.17. The standard InChI is InChI=1S/C8H12F3N3S/c1-2-3-14-4-6(13-7(14)12)15-5-8(9,10)11/h4H,2-3,5H2,1H3,(H2,12,13). The Kier molecular flexibility index (Phi) is 3.90. The number of thioether (sulfide) groups is 1. The average molecular weight is 239 g/mol. The molecule has 1 heterocycles. The summed E-state index contributed by atoms with van der Waals surface area (Å²) in [5.41, 5.74) is 5.52. The second-order valence-electron chi connectivity index (χ2n) is 3.03. The number of halogens is 3. The molecule has 0 atom stereocenters. The van der Waals surface area contributed by atoms with Gasteiger partial charge in [0.05, 0.1) is 5.75 Å². The highest BCUT2D eigenvalue weighted by Crippen LogP contribution is 2.27. The fraction of sp³-hybridized carbons (Fsp3) is 0.625. The molecule has 0 fully saturated rings. The van der Waals surface area contributed by atoms with Crippen LogP contribution < -0.4 is 5.73 Å².